The van der Waals surface area contributed by atoms with Crippen molar-refractivity contribution in [3.8, 4) is 0 Å². The van der Waals surface area contributed by atoms with Crippen molar-refractivity contribution >= 4 is 18.0 Å². The van der Waals surface area contributed by atoms with Crippen LogP contribution in [0, 0.1) is 0 Å². The fourth-order valence-corrected chi connectivity index (χ4v) is 1.10. The third kappa shape index (κ3) is 7.42. The molecule has 8 nitrogen and oxygen atoms in total. The summed E-state index contributed by atoms with van der Waals surface area (Å²) in [5.74, 6) is -0.681. The molecule has 0 spiro atoms. The van der Waals surface area contributed by atoms with E-state index in [9.17, 15) is 9.59 Å². The Morgan fingerprint density at radius 3 is 2.31 bits per heavy atom. The van der Waals surface area contributed by atoms with Crippen LogP contribution in [0.1, 0.15) is 19.3 Å². The number of hydrogen-bond acceptors (Lipinski definition) is 3. The summed E-state index contributed by atoms with van der Waals surface area (Å²) in [6.07, 6.45) is 0.322. The van der Waals surface area contributed by atoms with Crippen LogP contribution in [-0.4, -0.2) is 35.7 Å². The maximum atomic E-state index is 10.8. The van der Waals surface area contributed by atoms with Gasteiger partial charge in [-0.3, -0.25) is 9.79 Å². The fraction of sp³-hybridized carbons (Fsp3) is 0.625. The number of nitrogens with one attached hydrogen (secondary N) is 1. The van der Waals surface area contributed by atoms with Gasteiger partial charge in [0.15, 0.2) is 5.96 Å². The van der Waals surface area contributed by atoms with Gasteiger partial charge in [0.25, 0.3) is 0 Å². The number of hydrogen-bond donors (Lipinski definition) is 5. The molecule has 0 heterocycles. The maximum absolute atomic E-state index is 10.8. The van der Waals surface area contributed by atoms with E-state index in [0.717, 1.165) is 0 Å². The molecule has 0 saturated carbocycles. The number of unbranched alkanes of at least 4 members (excludes halogenated alkanes) is 1. The van der Waals surface area contributed by atoms with Gasteiger partial charge in [-0.25, -0.2) is 4.79 Å². The summed E-state index contributed by atoms with van der Waals surface area (Å²) in [5, 5.41) is 10.5. The van der Waals surface area contributed by atoms with Crippen LogP contribution in [0.4, 0.5) is 4.79 Å². The van der Waals surface area contributed by atoms with Gasteiger partial charge in [-0.05, 0) is 19.3 Å². The molecule has 1 atom stereocenters. The van der Waals surface area contributed by atoms with Gasteiger partial charge in [0.2, 0.25) is 5.91 Å². The number of primary amides is 1. The van der Waals surface area contributed by atoms with Crippen LogP contribution in [0.3, 0.4) is 0 Å². The van der Waals surface area contributed by atoms with E-state index >= 15 is 0 Å². The Kier molecular flexibility index (Phi) is 6.41. The number of carbonyl (C=O) groups excluding carboxylic acids is 1. The lowest BCUT2D eigenvalue weighted by molar-refractivity contribution is -0.120. The first-order valence-electron chi connectivity index (χ1n) is 4.77. The average molecular weight is 231 g/mol. The van der Waals surface area contributed by atoms with Gasteiger partial charge in [0, 0.05) is 6.54 Å². The van der Waals surface area contributed by atoms with Gasteiger partial charge >= 0.3 is 6.09 Å². The zero-order chi connectivity index (χ0) is 12.6. The number of aliphatic imine (C=N–C) groups is 1. The Bertz CT molecular complexity index is 275. The second-order valence-electron chi connectivity index (χ2n) is 3.21. The van der Waals surface area contributed by atoms with E-state index in [0.29, 0.717) is 25.8 Å². The molecule has 1 unspecified atom stereocenters. The lowest BCUT2D eigenvalue weighted by Gasteiger charge is -2.12. The molecule has 8 heteroatoms. The predicted molar refractivity (Wildman–Crippen MR) is 58.7 cm³/mol. The summed E-state index contributed by atoms with van der Waals surface area (Å²) in [6, 6.07) is -0.864. The van der Waals surface area contributed by atoms with Crippen molar-refractivity contribution in [2.24, 2.45) is 22.2 Å². The largest absolute Gasteiger partial charge is 0.465 e. The quantitative estimate of drug-likeness (QED) is 0.206. The first kappa shape index (κ1) is 14.0. The van der Waals surface area contributed by atoms with Crippen LogP contribution in [-0.2, 0) is 4.79 Å². The number of carboxylic acid groups (broad SMARTS) is 1. The summed E-state index contributed by atoms with van der Waals surface area (Å²) in [5.41, 5.74) is 15.2. The molecular weight excluding hydrogens is 214 g/mol. The van der Waals surface area contributed by atoms with Crippen LogP contribution < -0.4 is 22.5 Å². The molecule has 0 aliphatic carbocycles. The third-order valence-corrected chi connectivity index (χ3v) is 1.84. The maximum Gasteiger partial charge on any atom is 0.405 e. The molecule has 0 saturated heterocycles. The third-order valence-electron chi connectivity index (χ3n) is 1.84. The fourth-order valence-electron chi connectivity index (χ4n) is 1.10. The van der Waals surface area contributed by atoms with E-state index in [2.05, 4.69) is 4.99 Å². The van der Waals surface area contributed by atoms with Crippen LogP contribution in [0.2, 0.25) is 0 Å². The summed E-state index contributed by atoms with van der Waals surface area (Å²) in [6.45, 7) is 0.445. The molecule has 0 aliphatic rings. The van der Waals surface area contributed by atoms with Gasteiger partial charge in [0.05, 0.1) is 0 Å². The Morgan fingerprint density at radius 1 is 1.25 bits per heavy atom. The van der Waals surface area contributed by atoms with Crippen molar-refractivity contribution < 1.29 is 14.7 Å². The number of carbonyl (C=O) groups is 2. The van der Waals surface area contributed by atoms with Gasteiger partial charge in [-0.1, -0.05) is 0 Å². The molecule has 2 amide bonds. The second-order valence-corrected chi connectivity index (χ2v) is 3.21. The number of rotatable bonds is 7. The van der Waals surface area contributed by atoms with Gasteiger partial charge in [-0.2, -0.15) is 0 Å². The zero-order valence-corrected chi connectivity index (χ0v) is 8.85. The molecule has 0 radical (unpaired) electrons. The lowest BCUT2D eigenvalue weighted by atomic mass is 10.1. The summed E-state index contributed by atoms with van der Waals surface area (Å²) < 4.78 is 0. The van der Waals surface area contributed by atoms with Crippen LogP contribution in [0.25, 0.3) is 0 Å². The number of nitrogens with two attached hydrogens (primary N) is 3. The van der Waals surface area contributed by atoms with E-state index in [4.69, 9.17) is 22.3 Å². The van der Waals surface area contributed by atoms with Gasteiger partial charge < -0.3 is 27.6 Å². The van der Waals surface area contributed by atoms with E-state index < -0.39 is 18.0 Å². The predicted octanol–water partition coefficient (Wildman–Crippen LogP) is -1.45. The highest BCUT2D eigenvalue weighted by atomic mass is 16.4. The first-order chi connectivity index (χ1) is 7.43. The van der Waals surface area contributed by atoms with E-state index in [1.807, 2.05) is 5.32 Å². The molecule has 0 bridgehead atoms. The van der Waals surface area contributed by atoms with Gasteiger partial charge in [-0.15, -0.1) is 0 Å². The highest BCUT2D eigenvalue weighted by Gasteiger charge is 2.16. The SMILES string of the molecule is NC(=O)C(CCCCN=C(N)N)NC(=O)O. The van der Waals surface area contributed by atoms with Gasteiger partial charge in [0.1, 0.15) is 6.04 Å². The smallest absolute Gasteiger partial charge is 0.405 e. The molecule has 0 rings (SSSR count). The standard InChI is InChI=1S/C8H17N5O3/c9-6(14)5(13-8(15)16)3-1-2-4-12-7(10)11/h5,13H,1-4H2,(H2,9,14)(H,15,16)(H4,10,11,12). The molecule has 0 aromatic rings. The molecule has 16 heavy (non-hydrogen) atoms. The zero-order valence-electron chi connectivity index (χ0n) is 8.85. The van der Waals surface area contributed by atoms with Crippen LogP contribution in [0.15, 0.2) is 4.99 Å². The Morgan fingerprint density at radius 2 is 1.88 bits per heavy atom. The normalized spacial score (nSPS) is 11.5. The van der Waals surface area contributed by atoms with Crippen molar-refractivity contribution in [3.05, 3.63) is 0 Å². The number of nitrogens with zero attached hydrogens (tertiary/aromatic N) is 1. The summed E-state index contributed by atoms with van der Waals surface area (Å²) in [4.78, 5) is 24.9. The Balaban J connectivity index is 3.81. The van der Waals surface area contributed by atoms with E-state index in [1.165, 1.54) is 0 Å². The monoisotopic (exact) mass is 231 g/mol. The lowest BCUT2D eigenvalue weighted by Crippen LogP contribution is -2.43. The van der Waals surface area contributed by atoms with Crippen molar-refractivity contribution in [1.29, 1.82) is 0 Å². The first-order valence-corrected chi connectivity index (χ1v) is 4.77. The minimum Gasteiger partial charge on any atom is -0.465 e. The van der Waals surface area contributed by atoms with Crippen LogP contribution in [0.5, 0.6) is 0 Å². The Labute approximate surface area is 92.9 Å². The molecule has 0 fully saturated rings. The Hall–Kier alpha value is -1.99. The highest BCUT2D eigenvalue weighted by molar-refractivity contribution is 5.83. The number of amides is 2. The van der Waals surface area contributed by atoms with Crippen molar-refractivity contribution in [3.63, 3.8) is 0 Å². The number of guanidine groups is 1. The second kappa shape index (κ2) is 7.32. The topological polar surface area (TPSA) is 157 Å². The van der Waals surface area contributed by atoms with Crippen molar-refractivity contribution in [1.82, 2.24) is 5.32 Å². The molecule has 0 aliphatic heterocycles. The van der Waals surface area contributed by atoms with Crippen molar-refractivity contribution in [2.75, 3.05) is 6.54 Å². The summed E-state index contributed by atoms with van der Waals surface area (Å²) in [7, 11) is 0. The van der Waals surface area contributed by atoms with E-state index in [1.54, 1.807) is 0 Å². The molecular formula is C8H17N5O3. The molecule has 0 aromatic heterocycles. The molecule has 8 N–H and O–H groups in total. The minimum atomic E-state index is -1.27. The molecule has 92 valence electrons. The minimum absolute atomic E-state index is 0.00936. The van der Waals surface area contributed by atoms with Crippen LogP contribution >= 0.6 is 0 Å². The summed E-state index contributed by atoms with van der Waals surface area (Å²) >= 11 is 0. The highest BCUT2D eigenvalue weighted by Crippen LogP contribution is 2.01. The van der Waals surface area contributed by atoms with Crippen molar-refractivity contribution in [2.45, 2.75) is 25.3 Å². The van der Waals surface area contributed by atoms with E-state index in [-0.39, 0.29) is 5.96 Å². The molecule has 0 aromatic carbocycles. The average Bonchev–Trinajstić information content (AvgIpc) is 2.14.